The second-order valence-electron chi connectivity index (χ2n) is 8.06. The van der Waals surface area contributed by atoms with Gasteiger partial charge >= 0.3 is 0 Å². The van der Waals surface area contributed by atoms with Crippen molar-refractivity contribution >= 4 is 29.9 Å². The zero-order valence-corrected chi connectivity index (χ0v) is 19.4. The molecule has 0 bridgehead atoms. The first-order valence-corrected chi connectivity index (χ1v) is 9.98. The van der Waals surface area contributed by atoms with E-state index < -0.39 is 6.10 Å². The molecule has 2 aliphatic rings. The summed E-state index contributed by atoms with van der Waals surface area (Å²) in [6.07, 6.45) is 0.817. The van der Waals surface area contributed by atoms with Gasteiger partial charge < -0.3 is 25.2 Å². The molecule has 158 valence electrons. The first-order chi connectivity index (χ1) is 13.0. The number of fused-ring (bicyclic) bond motifs is 1. The van der Waals surface area contributed by atoms with Gasteiger partial charge in [-0.2, -0.15) is 0 Å². The summed E-state index contributed by atoms with van der Waals surface area (Å²) in [6, 6.07) is 10.3. The van der Waals surface area contributed by atoms with Gasteiger partial charge in [0.15, 0.2) is 5.96 Å². The Morgan fingerprint density at radius 3 is 2.82 bits per heavy atom. The SMILES string of the molecule is CCNC(=NCC(O)COCc1ccccc1)NC1C2CCOC2C1(C)C.I. The molecule has 3 rings (SSSR count). The van der Waals surface area contributed by atoms with Crippen LogP contribution in [0.25, 0.3) is 0 Å². The average molecular weight is 503 g/mol. The van der Waals surface area contributed by atoms with E-state index in [1.807, 2.05) is 37.3 Å². The molecule has 1 saturated carbocycles. The fraction of sp³-hybridized carbons (Fsp3) is 0.667. The van der Waals surface area contributed by atoms with Gasteiger partial charge in [0, 0.05) is 30.5 Å². The normalized spacial score (nSPS) is 26.6. The lowest BCUT2D eigenvalue weighted by Crippen LogP contribution is -2.68. The molecule has 4 unspecified atom stereocenters. The molecule has 7 heteroatoms. The Morgan fingerprint density at radius 2 is 2.11 bits per heavy atom. The Labute approximate surface area is 185 Å². The summed E-state index contributed by atoms with van der Waals surface area (Å²) in [4.78, 5) is 4.56. The molecule has 1 aliphatic heterocycles. The summed E-state index contributed by atoms with van der Waals surface area (Å²) in [6.45, 7) is 9.24. The number of hydrogen-bond donors (Lipinski definition) is 3. The van der Waals surface area contributed by atoms with E-state index in [1.165, 1.54) is 0 Å². The predicted molar refractivity (Wildman–Crippen MR) is 122 cm³/mol. The predicted octanol–water partition coefficient (Wildman–Crippen LogP) is 2.55. The highest BCUT2D eigenvalue weighted by molar-refractivity contribution is 14.0. The van der Waals surface area contributed by atoms with Crippen LogP contribution in [0.3, 0.4) is 0 Å². The average Bonchev–Trinajstić information content (AvgIpc) is 3.12. The largest absolute Gasteiger partial charge is 0.389 e. The zero-order valence-electron chi connectivity index (χ0n) is 17.1. The van der Waals surface area contributed by atoms with Crippen LogP contribution in [0.1, 0.15) is 32.8 Å². The van der Waals surface area contributed by atoms with Crippen molar-refractivity contribution in [2.75, 3.05) is 26.3 Å². The van der Waals surface area contributed by atoms with Crippen LogP contribution < -0.4 is 10.6 Å². The molecule has 6 nitrogen and oxygen atoms in total. The molecule has 0 amide bonds. The summed E-state index contributed by atoms with van der Waals surface area (Å²) in [5, 5.41) is 17.0. The number of hydrogen-bond acceptors (Lipinski definition) is 4. The molecule has 1 heterocycles. The molecule has 28 heavy (non-hydrogen) atoms. The molecule has 2 fully saturated rings. The Hall–Kier alpha value is -0.900. The minimum atomic E-state index is -0.624. The number of nitrogens with one attached hydrogen (secondary N) is 2. The lowest BCUT2D eigenvalue weighted by Gasteiger charge is -2.54. The number of aliphatic imine (C=N–C) groups is 1. The van der Waals surface area contributed by atoms with E-state index in [2.05, 4.69) is 29.5 Å². The van der Waals surface area contributed by atoms with Gasteiger partial charge in [-0.05, 0) is 18.9 Å². The molecule has 1 aliphatic carbocycles. The third-order valence-corrected chi connectivity index (χ3v) is 5.62. The number of rotatable bonds is 8. The van der Waals surface area contributed by atoms with Crippen molar-refractivity contribution in [2.45, 2.75) is 52.0 Å². The molecule has 0 spiro atoms. The lowest BCUT2D eigenvalue weighted by atomic mass is 9.57. The third-order valence-electron chi connectivity index (χ3n) is 5.62. The van der Waals surface area contributed by atoms with Crippen LogP contribution in [0.4, 0.5) is 0 Å². The first-order valence-electron chi connectivity index (χ1n) is 9.98. The Morgan fingerprint density at radius 1 is 1.36 bits per heavy atom. The van der Waals surface area contributed by atoms with E-state index in [-0.39, 0.29) is 36.0 Å². The summed E-state index contributed by atoms with van der Waals surface area (Å²) >= 11 is 0. The fourth-order valence-electron chi connectivity index (χ4n) is 4.22. The number of benzene rings is 1. The number of aliphatic hydroxyl groups is 1. The Bertz CT molecular complexity index is 627. The maximum atomic E-state index is 10.2. The quantitative estimate of drug-likeness (QED) is 0.289. The van der Waals surface area contributed by atoms with E-state index in [0.29, 0.717) is 31.2 Å². The number of guanidine groups is 1. The second kappa shape index (κ2) is 10.8. The van der Waals surface area contributed by atoms with Gasteiger partial charge in [0.25, 0.3) is 0 Å². The molecular weight excluding hydrogens is 469 g/mol. The molecule has 4 atom stereocenters. The van der Waals surface area contributed by atoms with Crippen LogP contribution in [0.2, 0.25) is 0 Å². The highest BCUT2D eigenvalue weighted by atomic mass is 127. The van der Waals surface area contributed by atoms with Crippen molar-refractivity contribution in [1.82, 2.24) is 10.6 Å². The second-order valence-corrected chi connectivity index (χ2v) is 8.06. The highest BCUT2D eigenvalue weighted by Gasteiger charge is 2.59. The van der Waals surface area contributed by atoms with Gasteiger partial charge in [-0.3, -0.25) is 4.99 Å². The van der Waals surface area contributed by atoms with E-state index >= 15 is 0 Å². The summed E-state index contributed by atoms with van der Waals surface area (Å²) < 4.78 is 11.5. The van der Waals surface area contributed by atoms with E-state index in [9.17, 15) is 5.11 Å². The maximum Gasteiger partial charge on any atom is 0.191 e. The van der Waals surface area contributed by atoms with Gasteiger partial charge in [-0.25, -0.2) is 0 Å². The topological polar surface area (TPSA) is 75.1 Å². The highest BCUT2D eigenvalue weighted by Crippen LogP contribution is 2.52. The van der Waals surface area contributed by atoms with Crippen LogP contribution in [-0.4, -0.2) is 55.6 Å². The Balaban J connectivity index is 0.00000280. The monoisotopic (exact) mass is 503 g/mol. The van der Waals surface area contributed by atoms with Crippen molar-refractivity contribution in [1.29, 1.82) is 0 Å². The lowest BCUT2D eigenvalue weighted by molar-refractivity contribution is -0.106. The molecule has 1 aromatic carbocycles. The van der Waals surface area contributed by atoms with Crippen LogP contribution in [0.5, 0.6) is 0 Å². The standard InChI is InChI=1S/C21H33N3O3.HI/c1-4-22-20(24-18-17-10-11-27-19(17)21(18,2)3)23-12-16(25)14-26-13-15-8-6-5-7-9-15;/h5-9,16-19,25H,4,10-14H2,1-3H3,(H2,22,23,24);1H. The maximum absolute atomic E-state index is 10.2. The molecule has 3 N–H and O–H groups in total. The van der Waals surface area contributed by atoms with E-state index in [4.69, 9.17) is 9.47 Å². The minimum Gasteiger partial charge on any atom is -0.389 e. The van der Waals surface area contributed by atoms with Gasteiger partial charge in [0.2, 0.25) is 0 Å². The summed E-state index contributed by atoms with van der Waals surface area (Å²) in [5.41, 5.74) is 1.19. The van der Waals surface area contributed by atoms with Gasteiger partial charge in [-0.15, -0.1) is 24.0 Å². The molecule has 0 radical (unpaired) electrons. The smallest absolute Gasteiger partial charge is 0.191 e. The Kier molecular flexibility index (Phi) is 8.98. The van der Waals surface area contributed by atoms with E-state index in [1.54, 1.807) is 0 Å². The van der Waals surface area contributed by atoms with Gasteiger partial charge in [0.05, 0.1) is 32.0 Å². The number of nitrogens with zero attached hydrogens (tertiary/aromatic N) is 1. The first kappa shape index (κ1) is 23.4. The van der Waals surface area contributed by atoms with Crippen LogP contribution in [-0.2, 0) is 16.1 Å². The van der Waals surface area contributed by atoms with Crippen molar-refractivity contribution in [3.63, 3.8) is 0 Å². The third kappa shape index (κ3) is 5.58. The molecular formula is C21H34IN3O3. The summed E-state index contributed by atoms with van der Waals surface area (Å²) in [7, 11) is 0. The molecule has 0 aromatic heterocycles. The van der Waals surface area contributed by atoms with Gasteiger partial charge in [0.1, 0.15) is 0 Å². The minimum absolute atomic E-state index is 0. The van der Waals surface area contributed by atoms with Crippen molar-refractivity contribution < 1.29 is 14.6 Å². The number of aliphatic hydroxyl groups excluding tert-OH is 1. The van der Waals surface area contributed by atoms with Crippen LogP contribution in [0.15, 0.2) is 35.3 Å². The van der Waals surface area contributed by atoms with Crippen molar-refractivity contribution in [3.8, 4) is 0 Å². The molecule has 1 saturated heterocycles. The zero-order chi connectivity index (χ0) is 19.3. The fourth-order valence-corrected chi connectivity index (χ4v) is 4.22. The molecule has 1 aromatic rings. The van der Waals surface area contributed by atoms with Crippen molar-refractivity contribution in [2.24, 2.45) is 16.3 Å². The summed E-state index contributed by atoms with van der Waals surface area (Å²) in [5.74, 6) is 1.30. The van der Waals surface area contributed by atoms with Gasteiger partial charge in [-0.1, -0.05) is 44.2 Å². The number of halogens is 1. The number of ether oxygens (including phenoxy) is 2. The van der Waals surface area contributed by atoms with Crippen LogP contribution in [0, 0.1) is 11.3 Å². The van der Waals surface area contributed by atoms with E-state index in [0.717, 1.165) is 31.1 Å². The van der Waals surface area contributed by atoms with Crippen molar-refractivity contribution in [3.05, 3.63) is 35.9 Å². The van der Waals surface area contributed by atoms with Crippen LogP contribution >= 0.6 is 24.0 Å².